The van der Waals surface area contributed by atoms with Crippen LogP contribution in [0.4, 0.5) is 0 Å². The summed E-state index contributed by atoms with van der Waals surface area (Å²) in [5.74, 6) is 0.782. The Bertz CT molecular complexity index is 572. The molecule has 4 heteroatoms. The standard InChI is InChI=1S/C13H15N3O/c1-13(2,3)17-8-12-15-10-5-4-9(7-14)6-11(10)16-12/h4-6H,8H2,1-3H3,(H,15,16). The summed E-state index contributed by atoms with van der Waals surface area (Å²) in [7, 11) is 0. The quantitative estimate of drug-likeness (QED) is 0.861. The van der Waals surface area contributed by atoms with Crippen molar-refractivity contribution in [2.45, 2.75) is 33.0 Å². The van der Waals surface area contributed by atoms with E-state index in [1.165, 1.54) is 0 Å². The van der Waals surface area contributed by atoms with Crippen LogP contribution in [0.15, 0.2) is 18.2 Å². The molecule has 1 N–H and O–H groups in total. The molecular weight excluding hydrogens is 214 g/mol. The molecule has 0 unspecified atom stereocenters. The van der Waals surface area contributed by atoms with Crippen LogP contribution in [0.5, 0.6) is 0 Å². The summed E-state index contributed by atoms with van der Waals surface area (Å²) in [5.41, 5.74) is 2.18. The largest absolute Gasteiger partial charge is 0.368 e. The van der Waals surface area contributed by atoms with E-state index in [-0.39, 0.29) is 5.60 Å². The molecule has 0 atom stereocenters. The van der Waals surface area contributed by atoms with Gasteiger partial charge in [-0.25, -0.2) is 4.98 Å². The van der Waals surface area contributed by atoms with Crippen LogP contribution in [0, 0.1) is 11.3 Å². The maximum absolute atomic E-state index is 8.80. The minimum atomic E-state index is -0.184. The molecule has 0 amide bonds. The monoisotopic (exact) mass is 229 g/mol. The van der Waals surface area contributed by atoms with Gasteiger partial charge in [-0.05, 0) is 39.0 Å². The molecule has 4 nitrogen and oxygen atoms in total. The molecule has 0 fully saturated rings. The number of hydrogen-bond acceptors (Lipinski definition) is 3. The van der Waals surface area contributed by atoms with Crippen LogP contribution in [0.3, 0.4) is 0 Å². The molecule has 0 spiro atoms. The lowest BCUT2D eigenvalue weighted by atomic mass is 10.2. The average Bonchev–Trinajstić information content (AvgIpc) is 2.66. The molecule has 0 aliphatic carbocycles. The van der Waals surface area contributed by atoms with Gasteiger partial charge in [-0.15, -0.1) is 0 Å². The van der Waals surface area contributed by atoms with Gasteiger partial charge in [0.2, 0.25) is 0 Å². The highest BCUT2D eigenvalue weighted by atomic mass is 16.5. The van der Waals surface area contributed by atoms with Gasteiger partial charge in [-0.3, -0.25) is 0 Å². The normalized spacial score (nSPS) is 11.6. The molecule has 2 aromatic rings. The number of nitrogens with zero attached hydrogens (tertiary/aromatic N) is 2. The molecule has 17 heavy (non-hydrogen) atoms. The number of ether oxygens (including phenoxy) is 1. The number of benzene rings is 1. The first-order valence-corrected chi connectivity index (χ1v) is 5.51. The smallest absolute Gasteiger partial charge is 0.133 e. The van der Waals surface area contributed by atoms with Crippen LogP contribution in [0.2, 0.25) is 0 Å². The van der Waals surface area contributed by atoms with Crippen molar-refractivity contribution in [3.05, 3.63) is 29.6 Å². The summed E-state index contributed by atoms with van der Waals surface area (Å²) in [6, 6.07) is 7.50. The fraction of sp³-hybridized carbons (Fsp3) is 0.385. The van der Waals surface area contributed by atoms with E-state index in [9.17, 15) is 0 Å². The van der Waals surface area contributed by atoms with Gasteiger partial charge in [0, 0.05) is 0 Å². The lowest BCUT2D eigenvalue weighted by molar-refractivity contribution is -0.0177. The summed E-state index contributed by atoms with van der Waals surface area (Å²) in [5, 5.41) is 8.80. The number of hydrogen-bond donors (Lipinski definition) is 1. The second-order valence-corrected chi connectivity index (χ2v) is 4.93. The van der Waals surface area contributed by atoms with Crippen LogP contribution in [-0.2, 0) is 11.3 Å². The van der Waals surface area contributed by atoms with E-state index < -0.39 is 0 Å². The van der Waals surface area contributed by atoms with Gasteiger partial charge in [-0.1, -0.05) is 0 Å². The summed E-state index contributed by atoms with van der Waals surface area (Å²) in [6.45, 7) is 6.45. The van der Waals surface area contributed by atoms with E-state index in [0.29, 0.717) is 12.2 Å². The minimum absolute atomic E-state index is 0.184. The van der Waals surface area contributed by atoms with Gasteiger partial charge in [0.05, 0.1) is 28.3 Å². The van der Waals surface area contributed by atoms with Crippen LogP contribution in [-0.4, -0.2) is 15.6 Å². The number of H-pyrrole nitrogens is 1. The molecule has 2 rings (SSSR count). The summed E-state index contributed by atoms with van der Waals surface area (Å²) in [4.78, 5) is 7.56. The third-order valence-corrected chi connectivity index (χ3v) is 2.30. The van der Waals surface area contributed by atoms with Crippen LogP contribution in [0.25, 0.3) is 11.0 Å². The van der Waals surface area contributed by atoms with Gasteiger partial charge >= 0.3 is 0 Å². The van der Waals surface area contributed by atoms with E-state index in [1.807, 2.05) is 26.8 Å². The van der Waals surface area contributed by atoms with Crippen molar-refractivity contribution < 1.29 is 4.74 Å². The van der Waals surface area contributed by atoms with E-state index in [2.05, 4.69) is 16.0 Å². The maximum atomic E-state index is 8.80. The number of rotatable bonds is 2. The Balaban J connectivity index is 2.23. The maximum Gasteiger partial charge on any atom is 0.133 e. The minimum Gasteiger partial charge on any atom is -0.368 e. The first-order valence-electron chi connectivity index (χ1n) is 5.51. The van der Waals surface area contributed by atoms with Crippen molar-refractivity contribution >= 4 is 11.0 Å². The summed E-state index contributed by atoms with van der Waals surface area (Å²) < 4.78 is 5.64. The lowest BCUT2D eigenvalue weighted by Crippen LogP contribution is -2.19. The number of nitrogens with one attached hydrogen (secondary N) is 1. The highest BCUT2D eigenvalue weighted by Gasteiger charge is 2.12. The van der Waals surface area contributed by atoms with E-state index in [1.54, 1.807) is 12.1 Å². The van der Waals surface area contributed by atoms with Crippen LogP contribution < -0.4 is 0 Å². The Kier molecular flexibility index (Phi) is 2.86. The van der Waals surface area contributed by atoms with Crippen molar-refractivity contribution in [1.29, 1.82) is 5.26 Å². The van der Waals surface area contributed by atoms with Gasteiger partial charge < -0.3 is 9.72 Å². The predicted octanol–water partition coefficient (Wildman–Crippen LogP) is 2.75. The summed E-state index contributed by atoms with van der Waals surface area (Å²) >= 11 is 0. The molecule has 88 valence electrons. The first-order chi connectivity index (χ1) is 7.98. The fourth-order valence-electron chi connectivity index (χ4n) is 1.49. The number of nitriles is 1. The molecule has 0 saturated heterocycles. The van der Waals surface area contributed by atoms with Crippen molar-refractivity contribution in [3.8, 4) is 6.07 Å². The Morgan fingerprint density at radius 2 is 2.18 bits per heavy atom. The number of aromatic amines is 1. The molecular formula is C13H15N3O. The Labute approximate surface area is 100 Å². The zero-order chi connectivity index (χ0) is 12.5. The van der Waals surface area contributed by atoms with E-state index >= 15 is 0 Å². The topological polar surface area (TPSA) is 61.7 Å². The zero-order valence-electron chi connectivity index (χ0n) is 10.2. The molecule has 0 aliphatic rings. The third kappa shape index (κ3) is 2.83. The second-order valence-electron chi connectivity index (χ2n) is 4.93. The zero-order valence-corrected chi connectivity index (χ0v) is 10.2. The molecule has 0 aliphatic heterocycles. The molecule has 1 heterocycles. The highest BCUT2D eigenvalue weighted by molar-refractivity contribution is 5.76. The van der Waals surface area contributed by atoms with Gasteiger partial charge in [0.15, 0.2) is 0 Å². The van der Waals surface area contributed by atoms with Gasteiger partial charge in [-0.2, -0.15) is 5.26 Å². The molecule has 0 radical (unpaired) electrons. The number of fused-ring (bicyclic) bond motifs is 1. The van der Waals surface area contributed by atoms with Crippen LogP contribution in [0.1, 0.15) is 32.2 Å². The number of aromatic nitrogens is 2. The Morgan fingerprint density at radius 1 is 1.41 bits per heavy atom. The number of imidazole rings is 1. The van der Waals surface area contributed by atoms with Crippen molar-refractivity contribution in [1.82, 2.24) is 9.97 Å². The molecule has 1 aromatic heterocycles. The third-order valence-electron chi connectivity index (χ3n) is 2.30. The molecule has 0 bridgehead atoms. The first kappa shape index (κ1) is 11.6. The lowest BCUT2D eigenvalue weighted by Gasteiger charge is -2.18. The van der Waals surface area contributed by atoms with Crippen molar-refractivity contribution in [2.24, 2.45) is 0 Å². The van der Waals surface area contributed by atoms with E-state index in [4.69, 9.17) is 10.00 Å². The van der Waals surface area contributed by atoms with Crippen LogP contribution >= 0.6 is 0 Å². The van der Waals surface area contributed by atoms with Crippen molar-refractivity contribution in [3.63, 3.8) is 0 Å². The van der Waals surface area contributed by atoms with Gasteiger partial charge in [0.1, 0.15) is 12.4 Å². The molecule has 1 aromatic carbocycles. The molecule has 0 saturated carbocycles. The highest BCUT2D eigenvalue weighted by Crippen LogP contribution is 2.15. The Hall–Kier alpha value is -1.86. The predicted molar refractivity (Wildman–Crippen MR) is 65.4 cm³/mol. The average molecular weight is 229 g/mol. The van der Waals surface area contributed by atoms with Crippen molar-refractivity contribution in [2.75, 3.05) is 0 Å². The summed E-state index contributed by atoms with van der Waals surface area (Å²) in [6.07, 6.45) is 0. The van der Waals surface area contributed by atoms with E-state index in [0.717, 1.165) is 16.9 Å². The fourth-order valence-corrected chi connectivity index (χ4v) is 1.49. The van der Waals surface area contributed by atoms with Gasteiger partial charge in [0.25, 0.3) is 0 Å². The second kappa shape index (κ2) is 4.19. The Morgan fingerprint density at radius 3 is 2.82 bits per heavy atom. The SMILES string of the molecule is CC(C)(C)OCc1nc2ccc(C#N)cc2[nH]1.